The van der Waals surface area contributed by atoms with Crippen LogP contribution in [0.25, 0.3) is 0 Å². The Morgan fingerprint density at radius 2 is 1.67 bits per heavy atom. The zero-order chi connectivity index (χ0) is 15.4. The molecule has 1 aliphatic rings. The number of esters is 2. The molecule has 6 heteroatoms. The fourth-order valence-corrected chi connectivity index (χ4v) is 2.35. The predicted molar refractivity (Wildman–Crippen MR) is 73.5 cm³/mol. The first-order chi connectivity index (χ1) is 10.1. The van der Waals surface area contributed by atoms with E-state index >= 15 is 0 Å². The van der Waals surface area contributed by atoms with E-state index in [1.54, 1.807) is 0 Å². The van der Waals surface area contributed by atoms with E-state index in [0.29, 0.717) is 6.42 Å². The highest BCUT2D eigenvalue weighted by Gasteiger charge is 2.36. The van der Waals surface area contributed by atoms with Crippen molar-refractivity contribution < 1.29 is 23.9 Å². The fraction of sp³-hybridized carbons (Fsp3) is 0.400. The van der Waals surface area contributed by atoms with Crippen LogP contribution in [0, 0.1) is 0 Å². The molecule has 0 bridgehead atoms. The van der Waals surface area contributed by atoms with Crippen molar-refractivity contribution in [1.82, 2.24) is 4.90 Å². The van der Waals surface area contributed by atoms with Gasteiger partial charge in [-0.05, 0) is 17.5 Å². The fourth-order valence-electron chi connectivity index (χ4n) is 2.35. The topological polar surface area (TPSA) is 72.9 Å². The standard InChI is InChI=1S/C15H17NO5/c1-20-13(17)8-16(9-14(18)21-2)15(19)12-7-10-5-3-4-6-11(10)12/h3-6,12H,7-9H2,1-2H3. The van der Waals surface area contributed by atoms with Crippen molar-refractivity contribution in [1.29, 1.82) is 0 Å². The highest BCUT2D eigenvalue weighted by molar-refractivity contribution is 5.91. The number of carbonyl (C=O) groups is 3. The highest BCUT2D eigenvalue weighted by Crippen LogP contribution is 2.36. The Labute approximate surface area is 122 Å². The normalized spacial score (nSPS) is 15.4. The molecule has 1 amide bonds. The van der Waals surface area contributed by atoms with Crippen molar-refractivity contribution in [2.45, 2.75) is 12.3 Å². The summed E-state index contributed by atoms with van der Waals surface area (Å²) in [6, 6.07) is 7.63. The largest absolute Gasteiger partial charge is 0.468 e. The lowest BCUT2D eigenvalue weighted by atomic mass is 9.77. The Morgan fingerprint density at radius 3 is 2.19 bits per heavy atom. The summed E-state index contributed by atoms with van der Waals surface area (Å²) in [5.41, 5.74) is 2.06. The van der Waals surface area contributed by atoms with Crippen LogP contribution in [0.1, 0.15) is 17.0 Å². The quantitative estimate of drug-likeness (QED) is 0.739. The second kappa shape index (κ2) is 6.39. The van der Waals surface area contributed by atoms with Gasteiger partial charge in [-0.15, -0.1) is 0 Å². The first kappa shape index (κ1) is 15.0. The maximum Gasteiger partial charge on any atom is 0.325 e. The maximum absolute atomic E-state index is 12.5. The Bertz CT molecular complexity index is 551. The van der Waals surface area contributed by atoms with E-state index in [2.05, 4.69) is 9.47 Å². The van der Waals surface area contributed by atoms with Crippen molar-refractivity contribution in [3.63, 3.8) is 0 Å². The molecule has 0 saturated carbocycles. The van der Waals surface area contributed by atoms with Crippen LogP contribution >= 0.6 is 0 Å². The summed E-state index contributed by atoms with van der Waals surface area (Å²) in [4.78, 5) is 36.5. The zero-order valence-electron chi connectivity index (χ0n) is 12.0. The van der Waals surface area contributed by atoms with Crippen LogP contribution in [0.5, 0.6) is 0 Å². The lowest BCUT2D eigenvalue weighted by Gasteiger charge is -2.33. The number of ether oxygens (including phenoxy) is 2. The van der Waals surface area contributed by atoms with Gasteiger partial charge in [0.2, 0.25) is 5.91 Å². The number of carbonyl (C=O) groups excluding carboxylic acids is 3. The van der Waals surface area contributed by atoms with Gasteiger partial charge in [0.05, 0.1) is 20.1 Å². The number of benzene rings is 1. The monoisotopic (exact) mass is 291 g/mol. The molecule has 0 saturated heterocycles. The van der Waals surface area contributed by atoms with Crippen LogP contribution in [0.3, 0.4) is 0 Å². The van der Waals surface area contributed by atoms with E-state index < -0.39 is 11.9 Å². The van der Waals surface area contributed by atoms with Crippen LogP contribution in [-0.4, -0.2) is 50.1 Å². The summed E-state index contributed by atoms with van der Waals surface area (Å²) >= 11 is 0. The number of hydrogen-bond donors (Lipinski definition) is 0. The van der Waals surface area contributed by atoms with Gasteiger partial charge >= 0.3 is 11.9 Å². The van der Waals surface area contributed by atoms with Crippen LogP contribution in [0.15, 0.2) is 24.3 Å². The molecule has 1 aromatic carbocycles. The van der Waals surface area contributed by atoms with Crippen molar-refractivity contribution in [3.05, 3.63) is 35.4 Å². The number of rotatable bonds is 5. The molecule has 0 N–H and O–H groups in total. The SMILES string of the molecule is COC(=O)CN(CC(=O)OC)C(=O)C1Cc2ccccc21. The van der Waals surface area contributed by atoms with Crippen LogP contribution in [-0.2, 0) is 30.3 Å². The molecular formula is C15H17NO5. The van der Waals surface area contributed by atoms with Gasteiger partial charge in [0.1, 0.15) is 13.1 Å². The van der Waals surface area contributed by atoms with Gasteiger partial charge < -0.3 is 14.4 Å². The molecule has 21 heavy (non-hydrogen) atoms. The van der Waals surface area contributed by atoms with E-state index in [-0.39, 0.29) is 24.9 Å². The summed E-state index contributed by atoms with van der Waals surface area (Å²) in [5, 5.41) is 0. The minimum absolute atomic E-state index is 0.260. The minimum Gasteiger partial charge on any atom is -0.468 e. The second-order valence-electron chi connectivity index (χ2n) is 4.80. The third-order valence-corrected chi connectivity index (χ3v) is 3.56. The Morgan fingerprint density at radius 1 is 1.10 bits per heavy atom. The maximum atomic E-state index is 12.5. The smallest absolute Gasteiger partial charge is 0.325 e. The van der Waals surface area contributed by atoms with Crippen molar-refractivity contribution in [3.8, 4) is 0 Å². The van der Waals surface area contributed by atoms with Gasteiger partial charge in [-0.2, -0.15) is 0 Å². The van der Waals surface area contributed by atoms with E-state index in [1.165, 1.54) is 19.1 Å². The average Bonchev–Trinajstić information content (AvgIpc) is 2.47. The predicted octanol–water partition coefficient (Wildman–Crippen LogP) is 0.501. The molecule has 0 aliphatic heterocycles. The molecule has 0 spiro atoms. The van der Waals surface area contributed by atoms with Gasteiger partial charge in [0, 0.05) is 0 Å². The number of nitrogens with zero attached hydrogens (tertiary/aromatic N) is 1. The van der Waals surface area contributed by atoms with Crippen molar-refractivity contribution in [2.24, 2.45) is 0 Å². The average molecular weight is 291 g/mol. The first-order valence-electron chi connectivity index (χ1n) is 6.57. The summed E-state index contributed by atoms with van der Waals surface area (Å²) in [6.07, 6.45) is 0.619. The molecule has 0 aromatic heterocycles. The lowest BCUT2D eigenvalue weighted by Crippen LogP contribution is -2.45. The summed E-state index contributed by atoms with van der Waals surface area (Å²) in [6.45, 7) is -0.522. The van der Waals surface area contributed by atoms with Gasteiger partial charge in [-0.25, -0.2) is 0 Å². The first-order valence-corrected chi connectivity index (χ1v) is 6.57. The van der Waals surface area contributed by atoms with E-state index in [4.69, 9.17) is 0 Å². The molecule has 1 unspecified atom stereocenters. The zero-order valence-corrected chi connectivity index (χ0v) is 12.0. The van der Waals surface area contributed by atoms with Gasteiger partial charge in [0.25, 0.3) is 0 Å². The molecule has 0 fully saturated rings. The third kappa shape index (κ3) is 3.21. The molecule has 1 atom stereocenters. The van der Waals surface area contributed by atoms with Crippen LogP contribution in [0.2, 0.25) is 0 Å². The third-order valence-electron chi connectivity index (χ3n) is 3.56. The molecule has 6 nitrogen and oxygen atoms in total. The van der Waals surface area contributed by atoms with Crippen LogP contribution in [0.4, 0.5) is 0 Å². The second-order valence-corrected chi connectivity index (χ2v) is 4.80. The van der Waals surface area contributed by atoms with E-state index in [0.717, 1.165) is 11.1 Å². The lowest BCUT2D eigenvalue weighted by molar-refractivity contribution is -0.152. The highest BCUT2D eigenvalue weighted by atomic mass is 16.5. The number of hydrogen-bond acceptors (Lipinski definition) is 5. The Kier molecular flexibility index (Phi) is 4.57. The number of methoxy groups -OCH3 is 2. The molecule has 2 rings (SSSR count). The summed E-state index contributed by atoms with van der Waals surface area (Å²) in [5.74, 6) is -1.71. The molecule has 0 heterocycles. The van der Waals surface area contributed by atoms with Crippen molar-refractivity contribution in [2.75, 3.05) is 27.3 Å². The van der Waals surface area contributed by atoms with Crippen molar-refractivity contribution >= 4 is 17.8 Å². The minimum atomic E-state index is -0.570. The Balaban J connectivity index is 2.11. The number of fused-ring (bicyclic) bond motifs is 1. The van der Waals surface area contributed by atoms with Gasteiger partial charge in [-0.1, -0.05) is 24.3 Å². The molecule has 0 radical (unpaired) electrons. The molecule has 1 aromatic rings. The van der Waals surface area contributed by atoms with Gasteiger partial charge in [-0.3, -0.25) is 14.4 Å². The Hall–Kier alpha value is -2.37. The molecule has 112 valence electrons. The summed E-state index contributed by atoms with van der Waals surface area (Å²) < 4.78 is 9.12. The van der Waals surface area contributed by atoms with E-state index in [9.17, 15) is 14.4 Å². The molecular weight excluding hydrogens is 274 g/mol. The summed E-state index contributed by atoms with van der Waals surface area (Å²) in [7, 11) is 2.48. The number of amides is 1. The van der Waals surface area contributed by atoms with E-state index in [1.807, 2.05) is 24.3 Å². The molecule has 1 aliphatic carbocycles. The van der Waals surface area contributed by atoms with Gasteiger partial charge in [0.15, 0.2) is 0 Å². The van der Waals surface area contributed by atoms with Crippen LogP contribution < -0.4 is 0 Å².